The smallest absolute Gasteiger partial charge is 0.0858 e. The van der Waals surface area contributed by atoms with Crippen LogP contribution >= 0.6 is 12.4 Å². The van der Waals surface area contributed by atoms with Crippen molar-refractivity contribution in [2.24, 2.45) is 11.1 Å². The highest BCUT2D eigenvalue weighted by atomic mass is 35.5. The van der Waals surface area contributed by atoms with Gasteiger partial charge in [-0.25, -0.2) is 0 Å². The highest BCUT2D eigenvalue weighted by Gasteiger charge is 2.34. The number of rotatable bonds is 5. The summed E-state index contributed by atoms with van der Waals surface area (Å²) in [5.74, 6) is 0. The SMILES string of the molecule is CCC(CC)(CN)C(O)c1ccc2ccc3ccccc3c2c1.Cl. The van der Waals surface area contributed by atoms with E-state index in [2.05, 4.69) is 62.4 Å². The van der Waals surface area contributed by atoms with Crippen molar-refractivity contribution in [3.63, 3.8) is 0 Å². The summed E-state index contributed by atoms with van der Waals surface area (Å²) >= 11 is 0. The molecule has 0 radical (unpaired) electrons. The number of hydrogen-bond acceptors (Lipinski definition) is 2. The summed E-state index contributed by atoms with van der Waals surface area (Å²) < 4.78 is 0. The average molecular weight is 344 g/mol. The lowest BCUT2D eigenvalue weighted by atomic mass is 9.74. The van der Waals surface area contributed by atoms with Crippen LogP contribution in [0.5, 0.6) is 0 Å². The Morgan fingerprint density at radius 1 is 0.917 bits per heavy atom. The van der Waals surface area contributed by atoms with Crippen molar-refractivity contribution in [1.29, 1.82) is 0 Å². The van der Waals surface area contributed by atoms with Gasteiger partial charge >= 0.3 is 0 Å². The van der Waals surface area contributed by atoms with E-state index in [0.29, 0.717) is 6.54 Å². The fourth-order valence-electron chi connectivity index (χ4n) is 3.58. The molecule has 1 atom stereocenters. The number of benzene rings is 3. The van der Waals surface area contributed by atoms with E-state index in [4.69, 9.17) is 5.73 Å². The van der Waals surface area contributed by atoms with Crippen molar-refractivity contribution in [3.8, 4) is 0 Å². The molecule has 0 fully saturated rings. The van der Waals surface area contributed by atoms with E-state index in [1.165, 1.54) is 21.5 Å². The first kappa shape index (κ1) is 18.7. The predicted octanol–water partition coefficient (Wildman–Crippen LogP) is 5.21. The summed E-state index contributed by atoms with van der Waals surface area (Å²) in [6.45, 7) is 4.71. The van der Waals surface area contributed by atoms with Crippen molar-refractivity contribution in [2.45, 2.75) is 32.8 Å². The lowest BCUT2D eigenvalue weighted by Gasteiger charge is -2.35. The molecule has 2 nitrogen and oxygen atoms in total. The number of aliphatic hydroxyl groups is 1. The summed E-state index contributed by atoms with van der Waals surface area (Å²) in [5, 5.41) is 15.8. The molecule has 0 heterocycles. The molecule has 0 aliphatic rings. The van der Waals surface area contributed by atoms with Crippen LogP contribution < -0.4 is 5.73 Å². The zero-order chi connectivity index (χ0) is 16.4. The Balaban J connectivity index is 0.00000208. The second-order valence-corrected chi connectivity index (χ2v) is 6.44. The Kier molecular flexibility index (Phi) is 5.87. The number of hydrogen-bond donors (Lipinski definition) is 2. The fourth-order valence-corrected chi connectivity index (χ4v) is 3.58. The Hall–Kier alpha value is -1.61. The molecule has 3 N–H and O–H groups in total. The average Bonchev–Trinajstić information content (AvgIpc) is 2.63. The van der Waals surface area contributed by atoms with Gasteiger partial charge in [0.15, 0.2) is 0 Å². The van der Waals surface area contributed by atoms with Crippen LogP contribution in [-0.4, -0.2) is 11.7 Å². The Labute approximate surface area is 150 Å². The van der Waals surface area contributed by atoms with E-state index in [0.717, 1.165) is 18.4 Å². The molecule has 0 aliphatic heterocycles. The third kappa shape index (κ3) is 3.02. The molecule has 0 bridgehead atoms. The molecule has 3 rings (SSSR count). The molecule has 0 aromatic heterocycles. The quantitative estimate of drug-likeness (QED) is 0.624. The van der Waals surface area contributed by atoms with Crippen LogP contribution in [0, 0.1) is 5.41 Å². The van der Waals surface area contributed by atoms with Crippen LogP contribution in [-0.2, 0) is 0 Å². The molecule has 1 unspecified atom stereocenters. The number of aliphatic hydroxyl groups excluding tert-OH is 1. The minimum absolute atomic E-state index is 0. The largest absolute Gasteiger partial charge is 0.388 e. The van der Waals surface area contributed by atoms with Crippen LogP contribution in [0.15, 0.2) is 54.6 Å². The molecule has 0 aliphatic carbocycles. The van der Waals surface area contributed by atoms with Gasteiger partial charge in [0.05, 0.1) is 6.10 Å². The second kappa shape index (κ2) is 7.52. The Bertz CT molecular complexity index is 818. The molecule has 3 aromatic carbocycles. The first-order valence-corrected chi connectivity index (χ1v) is 8.44. The third-order valence-corrected chi connectivity index (χ3v) is 5.48. The molecular formula is C21H26ClNO. The predicted molar refractivity (Wildman–Crippen MR) is 106 cm³/mol. The minimum atomic E-state index is -0.536. The summed E-state index contributed by atoms with van der Waals surface area (Å²) in [6, 6.07) is 19.0. The summed E-state index contributed by atoms with van der Waals surface area (Å²) in [7, 11) is 0. The lowest BCUT2D eigenvalue weighted by molar-refractivity contribution is 0.0223. The Morgan fingerprint density at radius 3 is 2.12 bits per heavy atom. The van der Waals surface area contributed by atoms with E-state index in [9.17, 15) is 5.11 Å². The molecular weight excluding hydrogens is 318 g/mol. The van der Waals surface area contributed by atoms with Crippen molar-refractivity contribution in [1.82, 2.24) is 0 Å². The molecule has 3 aromatic rings. The van der Waals surface area contributed by atoms with E-state index in [1.807, 2.05) is 6.07 Å². The topological polar surface area (TPSA) is 46.2 Å². The van der Waals surface area contributed by atoms with Gasteiger partial charge < -0.3 is 10.8 Å². The zero-order valence-electron chi connectivity index (χ0n) is 14.3. The summed E-state index contributed by atoms with van der Waals surface area (Å²) in [5.41, 5.74) is 6.72. The van der Waals surface area contributed by atoms with Gasteiger partial charge in [0.1, 0.15) is 0 Å². The molecule has 0 spiro atoms. The van der Waals surface area contributed by atoms with Gasteiger partial charge in [0.25, 0.3) is 0 Å². The van der Waals surface area contributed by atoms with Crippen LogP contribution in [0.1, 0.15) is 38.4 Å². The van der Waals surface area contributed by atoms with E-state index in [1.54, 1.807) is 0 Å². The molecule has 0 saturated carbocycles. The maximum atomic E-state index is 11.0. The molecule has 24 heavy (non-hydrogen) atoms. The van der Waals surface area contributed by atoms with Gasteiger partial charge in [-0.1, -0.05) is 62.4 Å². The number of fused-ring (bicyclic) bond motifs is 3. The van der Waals surface area contributed by atoms with Crippen LogP contribution in [0.3, 0.4) is 0 Å². The molecule has 128 valence electrons. The number of nitrogens with two attached hydrogens (primary N) is 1. The van der Waals surface area contributed by atoms with Crippen LogP contribution in [0.2, 0.25) is 0 Å². The van der Waals surface area contributed by atoms with E-state index in [-0.39, 0.29) is 17.8 Å². The molecule has 3 heteroatoms. The summed E-state index contributed by atoms with van der Waals surface area (Å²) in [6.07, 6.45) is 1.20. The monoisotopic (exact) mass is 343 g/mol. The minimum Gasteiger partial charge on any atom is -0.388 e. The van der Waals surface area contributed by atoms with Crippen molar-refractivity contribution in [3.05, 3.63) is 60.2 Å². The van der Waals surface area contributed by atoms with Crippen LogP contribution in [0.4, 0.5) is 0 Å². The van der Waals surface area contributed by atoms with E-state index >= 15 is 0 Å². The first-order chi connectivity index (χ1) is 11.1. The molecule has 0 amide bonds. The highest BCUT2D eigenvalue weighted by molar-refractivity contribution is 6.07. The van der Waals surface area contributed by atoms with Crippen molar-refractivity contribution < 1.29 is 5.11 Å². The van der Waals surface area contributed by atoms with Crippen molar-refractivity contribution in [2.75, 3.05) is 6.54 Å². The fraction of sp³-hybridized carbons (Fsp3) is 0.333. The lowest BCUT2D eigenvalue weighted by Crippen LogP contribution is -2.35. The maximum absolute atomic E-state index is 11.0. The van der Waals surface area contributed by atoms with Crippen LogP contribution in [0.25, 0.3) is 21.5 Å². The normalized spacial score (nSPS) is 13.0. The van der Waals surface area contributed by atoms with E-state index < -0.39 is 6.10 Å². The molecule has 0 saturated heterocycles. The van der Waals surface area contributed by atoms with Gasteiger partial charge in [0.2, 0.25) is 0 Å². The van der Waals surface area contributed by atoms with Gasteiger partial charge in [-0.05, 0) is 46.0 Å². The van der Waals surface area contributed by atoms with Gasteiger partial charge in [-0.3, -0.25) is 0 Å². The first-order valence-electron chi connectivity index (χ1n) is 8.44. The van der Waals surface area contributed by atoms with Gasteiger partial charge in [-0.2, -0.15) is 0 Å². The van der Waals surface area contributed by atoms with Gasteiger partial charge in [0, 0.05) is 12.0 Å². The van der Waals surface area contributed by atoms with Gasteiger partial charge in [-0.15, -0.1) is 12.4 Å². The summed E-state index contributed by atoms with van der Waals surface area (Å²) in [4.78, 5) is 0. The highest BCUT2D eigenvalue weighted by Crippen LogP contribution is 2.40. The number of halogens is 1. The zero-order valence-corrected chi connectivity index (χ0v) is 15.1. The third-order valence-electron chi connectivity index (χ3n) is 5.48. The standard InChI is InChI=1S/C21H25NO.ClH/c1-3-21(4-2,14-22)20(23)17-12-11-16-10-9-15-7-5-6-8-18(15)19(16)13-17;/h5-13,20,23H,3-4,14,22H2,1-2H3;1H. The van der Waals surface area contributed by atoms with Crippen molar-refractivity contribution >= 4 is 34.0 Å². The Morgan fingerprint density at radius 2 is 1.50 bits per heavy atom. The maximum Gasteiger partial charge on any atom is 0.0858 e. The second-order valence-electron chi connectivity index (χ2n) is 6.44.